The van der Waals surface area contributed by atoms with Crippen LogP contribution in [0.4, 0.5) is 5.82 Å². The van der Waals surface area contributed by atoms with Gasteiger partial charge in [-0.25, -0.2) is 0 Å². The number of piperazine rings is 1. The van der Waals surface area contributed by atoms with E-state index in [4.69, 9.17) is 0 Å². The van der Waals surface area contributed by atoms with Crippen molar-refractivity contribution < 1.29 is 4.79 Å². The number of nitrogens with one attached hydrogen (secondary N) is 1. The van der Waals surface area contributed by atoms with Crippen LogP contribution in [0.1, 0.15) is 41.7 Å². The Morgan fingerprint density at radius 2 is 1.70 bits per heavy atom. The number of benzene rings is 1. The second-order valence-corrected chi connectivity index (χ2v) is 7.48. The second kappa shape index (κ2) is 8.48. The van der Waals surface area contributed by atoms with Gasteiger partial charge >= 0.3 is 0 Å². The number of nitrogens with zero attached hydrogens (tertiary/aromatic N) is 4. The van der Waals surface area contributed by atoms with Gasteiger partial charge in [0, 0.05) is 38.8 Å². The lowest BCUT2D eigenvalue weighted by Crippen LogP contribution is -2.48. The van der Waals surface area contributed by atoms with Crippen LogP contribution in [0.5, 0.6) is 0 Å². The Kier molecular flexibility index (Phi) is 5.63. The molecule has 1 saturated heterocycles. The molecule has 1 aromatic carbocycles. The minimum absolute atomic E-state index is 0.0192. The van der Waals surface area contributed by atoms with Gasteiger partial charge in [0.05, 0.1) is 0 Å². The summed E-state index contributed by atoms with van der Waals surface area (Å²) in [5.41, 5.74) is 1.75. The van der Waals surface area contributed by atoms with Crippen LogP contribution < -0.4 is 5.32 Å². The topological polar surface area (TPSA) is 61.4 Å². The number of carbonyl (C=O) groups excluding carboxylic acids is 1. The van der Waals surface area contributed by atoms with Gasteiger partial charge in [0.1, 0.15) is 5.82 Å². The SMILES string of the molecule is O=C(c1ccc(NC2CCCC2)nn1)N1CCN(Cc2ccccc2)CC1. The fourth-order valence-electron chi connectivity index (χ4n) is 3.92. The van der Waals surface area contributed by atoms with Crippen molar-refractivity contribution in [3.05, 3.63) is 53.7 Å². The summed E-state index contributed by atoms with van der Waals surface area (Å²) in [6.07, 6.45) is 4.93. The Balaban J connectivity index is 1.28. The first kappa shape index (κ1) is 17.9. The molecule has 1 amide bonds. The molecule has 1 N–H and O–H groups in total. The first-order valence-corrected chi connectivity index (χ1v) is 9.94. The van der Waals surface area contributed by atoms with Gasteiger partial charge in [0.15, 0.2) is 5.69 Å². The summed E-state index contributed by atoms with van der Waals surface area (Å²) < 4.78 is 0. The summed E-state index contributed by atoms with van der Waals surface area (Å²) in [5, 5.41) is 11.8. The highest BCUT2D eigenvalue weighted by atomic mass is 16.2. The largest absolute Gasteiger partial charge is 0.366 e. The van der Waals surface area contributed by atoms with Crippen molar-refractivity contribution in [1.29, 1.82) is 0 Å². The molecular formula is C21H27N5O. The Hall–Kier alpha value is -2.47. The van der Waals surface area contributed by atoms with Gasteiger partial charge in [-0.3, -0.25) is 9.69 Å². The second-order valence-electron chi connectivity index (χ2n) is 7.48. The van der Waals surface area contributed by atoms with Gasteiger partial charge in [-0.15, -0.1) is 10.2 Å². The molecule has 1 saturated carbocycles. The third kappa shape index (κ3) is 4.63. The average Bonchev–Trinajstić information content (AvgIpc) is 3.22. The first-order chi connectivity index (χ1) is 13.3. The summed E-state index contributed by atoms with van der Waals surface area (Å²) in [6.45, 7) is 4.17. The van der Waals surface area contributed by atoms with Gasteiger partial charge < -0.3 is 10.2 Å². The summed E-state index contributed by atoms with van der Waals surface area (Å²) in [7, 11) is 0. The van der Waals surface area contributed by atoms with Crippen LogP contribution >= 0.6 is 0 Å². The van der Waals surface area contributed by atoms with Gasteiger partial charge in [-0.2, -0.15) is 0 Å². The van der Waals surface area contributed by atoms with Crippen LogP contribution in [-0.2, 0) is 6.54 Å². The number of anilines is 1. The van der Waals surface area contributed by atoms with Crippen LogP contribution in [0.25, 0.3) is 0 Å². The standard InChI is InChI=1S/C21H27N5O/c27-21(19-10-11-20(24-23-19)22-18-8-4-5-9-18)26-14-12-25(13-15-26)16-17-6-2-1-3-7-17/h1-3,6-7,10-11,18H,4-5,8-9,12-16H2,(H,22,24). The molecule has 1 aliphatic heterocycles. The van der Waals surface area contributed by atoms with Crippen molar-refractivity contribution in [3.8, 4) is 0 Å². The third-order valence-corrected chi connectivity index (χ3v) is 5.50. The van der Waals surface area contributed by atoms with E-state index in [0.29, 0.717) is 11.7 Å². The highest BCUT2D eigenvalue weighted by Crippen LogP contribution is 2.21. The molecule has 0 spiro atoms. The number of amides is 1. The van der Waals surface area contributed by atoms with Crippen LogP contribution in [0.3, 0.4) is 0 Å². The normalized spacial score (nSPS) is 18.6. The van der Waals surface area contributed by atoms with E-state index in [1.54, 1.807) is 6.07 Å². The van der Waals surface area contributed by atoms with Crippen molar-refractivity contribution in [3.63, 3.8) is 0 Å². The van der Waals surface area contributed by atoms with Crippen molar-refractivity contribution >= 4 is 11.7 Å². The lowest BCUT2D eigenvalue weighted by atomic mass is 10.2. The average molecular weight is 365 g/mol. The summed E-state index contributed by atoms with van der Waals surface area (Å²) >= 11 is 0. The molecule has 2 fully saturated rings. The van der Waals surface area contributed by atoms with Crippen molar-refractivity contribution in [2.24, 2.45) is 0 Å². The van der Waals surface area contributed by atoms with Gasteiger partial charge in [0.2, 0.25) is 0 Å². The zero-order chi connectivity index (χ0) is 18.5. The molecule has 4 rings (SSSR count). The maximum absolute atomic E-state index is 12.7. The van der Waals surface area contributed by atoms with Crippen molar-refractivity contribution in [1.82, 2.24) is 20.0 Å². The van der Waals surface area contributed by atoms with E-state index in [2.05, 4.69) is 44.7 Å². The Morgan fingerprint density at radius 3 is 2.37 bits per heavy atom. The summed E-state index contributed by atoms with van der Waals surface area (Å²) in [4.78, 5) is 17.0. The molecule has 2 aliphatic rings. The Labute approximate surface area is 160 Å². The molecular weight excluding hydrogens is 338 g/mol. The van der Waals surface area contributed by atoms with Crippen LogP contribution in [0, 0.1) is 0 Å². The predicted molar refractivity (Wildman–Crippen MR) is 106 cm³/mol. The fourth-order valence-corrected chi connectivity index (χ4v) is 3.92. The van der Waals surface area contributed by atoms with Crippen molar-refractivity contribution in [2.75, 3.05) is 31.5 Å². The third-order valence-electron chi connectivity index (χ3n) is 5.50. The Bertz CT molecular complexity index is 735. The Morgan fingerprint density at radius 1 is 0.963 bits per heavy atom. The van der Waals surface area contributed by atoms with Gasteiger partial charge in [-0.1, -0.05) is 43.2 Å². The minimum atomic E-state index is -0.0192. The molecule has 0 bridgehead atoms. The molecule has 0 radical (unpaired) electrons. The number of hydrogen-bond acceptors (Lipinski definition) is 5. The highest BCUT2D eigenvalue weighted by molar-refractivity contribution is 5.92. The van der Waals surface area contributed by atoms with E-state index in [0.717, 1.165) is 38.5 Å². The number of rotatable bonds is 5. The van der Waals surface area contributed by atoms with Gasteiger partial charge in [-0.05, 0) is 30.5 Å². The van der Waals surface area contributed by atoms with E-state index in [1.165, 1.54) is 31.2 Å². The first-order valence-electron chi connectivity index (χ1n) is 9.94. The quantitative estimate of drug-likeness (QED) is 0.883. The van der Waals surface area contributed by atoms with Crippen LogP contribution in [0.2, 0.25) is 0 Å². The van der Waals surface area contributed by atoms with E-state index in [9.17, 15) is 4.79 Å². The molecule has 1 aliphatic carbocycles. The number of aromatic nitrogens is 2. The molecule has 6 heteroatoms. The molecule has 2 heterocycles. The van der Waals surface area contributed by atoms with Crippen LogP contribution in [0.15, 0.2) is 42.5 Å². The smallest absolute Gasteiger partial charge is 0.274 e. The maximum Gasteiger partial charge on any atom is 0.274 e. The number of carbonyl (C=O) groups is 1. The van der Waals surface area contributed by atoms with E-state index in [-0.39, 0.29) is 5.91 Å². The molecule has 142 valence electrons. The highest BCUT2D eigenvalue weighted by Gasteiger charge is 2.23. The van der Waals surface area contributed by atoms with Crippen LogP contribution in [-0.4, -0.2) is 58.1 Å². The summed E-state index contributed by atoms with van der Waals surface area (Å²) in [5.74, 6) is 0.750. The molecule has 27 heavy (non-hydrogen) atoms. The maximum atomic E-state index is 12.7. The minimum Gasteiger partial charge on any atom is -0.366 e. The molecule has 0 unspecified atom stereocenters. The molecule has 2 aromatic rings. The van der Waals surface area contributed by atoms with E-state index >= 15 is 0 Å². The molecule has 6 nitrogen and oxygen atoms in total. The number of hydrogen-bond donors (Lipinski definition) is 1. The fraction of sp³-hybridized carbons (Fsp3) is 0.476. The van der Waals surface area contributed by atoms with E-state index in [1.807, 2.05) is 17.0 Å². The molecule has 1 aromatic heterocycles. The lowest BCUT2D eigenvalue weighted by molar-refractivity contribution is 0.0621. The molecule has 0 atom stereocenters. The zero-order valence-electron chi connectivity index (χ0n) is 15.7. The predicted octanol–water partition coefficient (Wildman–Crippen LogP) is 2.79. The zero-order valence-corrected chi connectivity index (χ0v) is 15.7. The lowest BCUT2D eigenvalue weighted by Gasteiger charge is -2.34. The van der Waals surface area contributed by atoms with Gasteiger partial charge in [0.25, 0.3) is 5.91 Å². The monoisotopic (exact) mass is 365 g/mol. The van der Waals surface area contributed by atoms with Crippen molar-refractivity contribution in [2.45, 2.75) is 38.3 Å². The van der Waals surface area contributed by atoms with E-state index < -0.39 is 0 Å². The summed E-state index contributed by atoms with van der Waals surface area (Å²) in [6, 6.07) is 14.6.